The number of aryl methyl sites for hydroxylation is 3. The molecule has 0 radical (unpaired) electrons. The molecule has 2 heterocycles. The number of nitriles is 2. The molecular weight excluding hydrogens is 757 g/mol. The van der Waals surface area contributed by atoms with Gasteiger partial charge in [-0.15, -0.1) is 0 Å². The van der Waals surface area contributed by atoms with Crippen molar-refractivity contribution in [3.63, 3.8) is 0 Å². The summed E-state index contributed by atoms with van der Waals surface area (Å²) in [6.45, 7) is 6.52. The monoisotopic (exact) mass is 794 g/mol. The highest BCUT2D eigenvalue weighted by molar-refractivity contribution is 6.12. The predicted octanol–water partition coefficient (Wildman–Crippen LogP) is 13.6. The molecule has 0 aliphatic heterocycles. The van der Waals surface area contributed by atoms with Crippen LogP contribution in [0.4, 0.5) is 0 Å². The Morgan fingerprint density at radius 1 is 0.403 bits per heavy atom. The summed E-state index contributed by atoms with van der Waals surface area (Å²) >= 11 is 0. The summed E-state index contributed by atoms with van der Waals surface area (Å²) in [7, 11) is 0. The molecule has 0 aliphatic rings. The van der Waals surface area contributed by atoms with E-state index in [9.17, 15) is 10.5 Å². The molecule has 0 aliphatic carbocycles. The second-order valence-electron chi connectivity index (χ2n) is 15.7. The maximum absolute atomic E-state index is 10.2. The van der Waals surface area contributed by atoms with Gasteiger partial charge in [0.2, 0.25) is 0 Å². The van der Waals surface area contributed by atoms with Crippen molar-refractivity contribution >= 4 is 21.8 Å². The molecule has 0 amide bonds. The number of hydrogen-bond acceptors (Lipinski definition) is 5. The van der Waals surface area contributed by atoms with E-state index in [-0.39, 0.29) is 0 Å². The molecule has 0 unspecified atom stereocenters. The number of rotatable bonds is 7. The lowest BCUT2D eigenvalue weighted by Crippen LogP contribution is -2.04. The first kappa shape index (κ1) is 37.8. The molecule has 62 heavy (non-hydrogen) atoms. The molecule has 8 aromatic carbocycles. The van der Waals surface area contributed by atoms with Crippen LogP contribution in [0.3, 0.4) is 0 Å². The summed E-state index contributed by atoms with van der Waals surface area (Å²) < 4.78 is 2.34. The van der Waals surface area contributed by atoms with Crippen LogP contribution in [0.25, 0.3) is 95.0 Å². The Balaban J connectivity index is 1.33. The summed E-state index contributed by atoms with van der Waals surface area (Å²) in [6.07, 6.45) is 0. The van der Waals surface area contributed by atoms with Crippen LogP contribution in [0.2, 0.25) is 0 Å². The van der Waals surface area contributed by atoms with Crippen molar-refractivity contribution in [3.05, 3.63) is 204 Å². The molecule has 0 N–H and O–H groups in total. The zero-order valence-electron chi connectivity index (χ0n) is 34.4. The largest absolute Gasteiger partial charge is 0.308 e. The van der Waals surface area contributed by atoms with Crippen LogP contribution in [-0.2, 0) is 0 Å². The van der Waals surface area contributed by atoms with Crippen LogP contribution in [0.1, 0.15) is 27.8 Å². The molecule has 0 fully saturated rings. The molecule has 6 nitrogen and oxygen atoms in total. The minimum Gasteiger partial charge on any atom is -0.308 e. The van der Waals surface area contributed by atoms with Crippen LogP contribution in [0, 0.1) is 43.4 Å². The molecule has 2 aromatic heterocycles. The van der Waals surface area contributed by atoms with Crippen LogP contribution in [0.5, 0.6) is 0 Å². The van der Waals surface area contributed by atoms with E-state index in [1.807, 2.05) is 109 Å². The molecular formula is C56H38N6. The smallest absolute Gasteiger partial charge is 0.164 e. The van der Waals surface area contributed by atoms with E-state index in [1.54, 1.807) is 0 Å². The normalized spacial score (nSPS) is 11.1. The van der Waals surface area contributed by atoms with Gasteiger partial charge in [0.05, 0.1) is 40.0 Å². The van der Waals surface area contributed by atoms with Gasteiger partial charge in [0.15, 0.2) is 17.5 Å². The fraction of sp³-hybridized carbons (Fsp3) is 0.0536. The predicted molar refractivity (Wildman–Crippen MR) is 250 cm³/mol. The van der Waals surface area contributed by atoms with Crippen LogP contribution >= 0.6 is 0 Å². The van der Waals surface area contributed by atoms with E-state index in [0.29, 0.717) is 28.6 Å². The summed E-state index contributed by atoms with van der Waals surface area (Å²) in [5.74, 6) is 1.60. The summed E-state index contributed by atoms with van der Waals surface area (Å²) in [5.41, 5.74) is 16.1. The van der Waals surface area contributed by atoms with Gasteiger partial charge in [0.1, 0.15) is 0 Å². The number of hydrogen-bond donors (Lipinski definition) is 0. The Bertz CT molecular complexity index is 3300. The molecule has 0 atom stereocenters. The second-order valence-corrected chi connectivity index (χ2v) is 15.7. The van der Waals surface area contributed by atoms with E-state index >= 15 is 0 Å². The Hall–Kier alpha value is -8.45. The molecule has 6 heteroatoms. The Morgan fingerprint density at radius 3 is 1.44 bits per heavy atom. The molecule has 0 saturated carbocycles. The lowest BCUT2D eigenvalue weighted by atomic mass is 9.91. The standard InChI is InChI=1S/C56H38N6/c1-35-26-36(2)52(37(3)27-35)44-24-25-51-49(30-44)46-22-10-11-23-50(46)62(51)53-47(42-20-12-14-38(28-42)33-57)31-45(32-48(53)43-21-13-15-39(29-43)34-58)56-60-54(40-16-6-4-7-17-40)59-55(61-56)41-18-8-5-9-19-41/h4-32H,1-3H3. The Kier molecular flexibility index (Phi) is 9.52. The maximum Gasteiger partial charge on any atom is 0.164 e. The van der Waals surface area contributed by atoms with Gasteiger partial charge in [0.25, 0.3) is 0 Å². The number of aromatic nitrogens is 4. The highest BCUT2D eigenvalue weighted by Crippen LogP contribution is 2.45. The van der Waals surface area contributed by atoms with Gasteiger partial charge in [-0.05, 0) is 109 Å². The first-order valence-corrected chi connectivity index (χ1v) is 20.5. The van der Waals surface area contributed by atoms with Crippen molar-refractivity contribution in [2.45, 2.75) is 20.8 Å². The third-order valence-corrected chi connectivity index (χ3v) is 11.5. The number of nitrogens with zero attached hydrogens (tertiary/aromatic N) is 6. The van der Waals surface area contributed by atoms with Gasteiger partial charge < -0.3 is 4.57 Å². The molecule has 0 spiro atoms. The van der Waals surface area contributed by atoms with Crippen LogP contribution in [0.15, 0.2) is 176 Å². The first-order valence-electron chi connectivity index (χ1n) is 20.5. The van der Waals surface area contributed by atoms with Crippen LogP contribution < -0.4 is 0 Å². The van der Waals surface area contributed by atoms with Crippen molar-refractivity contribution < 1.29 is 0 Å². The third-order valence-electron chi connectivity index (χ3n) is 11.5. The molecule has 10 aromatic rings. The molecule has 0 bridgehead atoms. The Morgan fingerprint density at radius 2 is 0.887 bits per heavy atom. The van der Waals surface area contributed by atoms with Crippen molar-refractivity contribution in [3.8, 4) is 85.4 Å². The van der Waals surface area contributed by atoms with Gasteiger partial charge in [-0.1, -0.05) is 127 Å². The van der Waals surface area contributed by atoms with Gasteiger partial charge in [-0.2, -0.15) is 10.5 Å². The average molecular weight is 795 g/mol. The van der Waals surface area contributed by atoms with E-state index in [2.05, 4.69) is 104 Å². The minimum absolute atomic E-state index is 0.496. The minimum atomic E-state index is 0.496. The van der Waals surface area contributed by atoms with Gasteiger partial charge in [-0.25, -0.2) is 15.0 Å². The fourth-order valence-electron chi connectivity index (χ4n) is 8.90. The molecule has 292 valence electrons. The van der Waals surface area contributed by atoms with Gasteiger partial charge >= 0.3 is 0 Å². The quantitative estimate of drug-likeness (QED) is 0.160. The van der Waals surface area contributed by atoms with Crippen molar-refractivity contribution in [1.82, 2.24) is 19.5 Å². The van der Waals surface area contributed by atoms with Crippen LogP contribution in [-0.4, -0.2) is 19.5 Å². The van der Waals surface area contributed by atoms with Gasteiger partial charge in [0, 0.05) is 38.6 Å². The van der Waals surface area contributed by atoms with Crippen molar-refractivity contribution in [2.24, 2.45) is 0 Å². The highest BCUT2D eigenvalue weighted by atomic mass is 15.0. The van der Waals surface area contributed by atoms with Gasteiger partial charge in [-0.3, -0.25) is 0 Å². The number of fused-ring (bicyclic) bond motifs is 3. The SMILES string of the molecule is Cc1cc(C)c(-c2ccc3c(c2)c2ccccc2n3-c2c(-c3cccc(C#N)c3)cc(-c3nc(-c4ccccc4)nc(-c4ccccc4)n3)cc2-c2cccc(C#N)c2)c(C)c1. The van der Waals surface area contributed by atoms with E-state index < -0.39 is 0 Å². The zero-order chi connectivity index (χ0) is 42.3. The van der Waals surface area contributed by atoms with Crippen molar-refractivity contribution in [1.29, 1.82) is 10.5 Å². The number of para-hydroxylation sites is 1. The maximum atomic E-state index is 10.2. The highest BCUT2D eigenvalue weighted by Gasteiger charge is 2.24. The molecule has 0 saturated heterocycles. The van der Waals surface area contributed by atoms with E-state index in [4.69, 9.17) is 15.0 Å². The summed E-state index contributed by atoms with van der Waals surface area (Å²) in [6, 6.07) is 64.2. The van der Waals surface area contributed by atoms with E-state index in [1.165, 1.54) is 22.3 Å². The first-order chi connectivity index (χ1) is 30.4. The molecule has 10 rings (SSSR count). The topological polar surface area (TPSA) is 91.2 Å². The number of benzene rings is 8. The van der Waals surface area contributed by atoms with Crippen molar-refractivity contribution in [2.75, 3.05) is 0 Å². The third kappa shape index (κ3) is 6.76. The Labute approximate surface area is 360 Å². The van der Waals surface area contributed by atoms with E-state index in [0.717, 1.165) is 72.0 Å². The lowest BCUT2D eigenvalue weighted by molar-refractivity contribution is 1.07. The average Bonchev–Trinajstić information content (AvgIpc) is 3.64. The fourth-order valence-corrected chi connectivity index (χ4v) is 8.90. The zero-order valence-corrected chi connectivity index (χ0v) is 34.4. The lowest BCUT2D eigenvalue weighted by Gasteiger charge is -2.21. The second kappa shape index (κ2) is 15.6. The summed E-state index contributed by atoms with van der Waals surface area (Å²) in [5, 5.41) is 22.6. The summed E-state index contributed by atoms with van der Waals surface area (Å²) in [4.78, 5) is 15.3.